The summed E-state index contributed by atoms with van der Waals surface area (Å²) in [5, 5.41) is 0. The summed E-state index contributed by atoms with van der Waals surface area (Å²) < 4.78 is 21.2. The van der Waals surface area contributed by atoms with Crippen LogP contribution >= 0.6 is 0 Å². The van der Waals surface area contributed by atoms with Crippen LogP contribution in [0.15, 0.2) is 24.3 Å². The van der Waals surface area contributed by atoms with Crippen molar-refractivity contribution in [1.29, 1.82) is 0 Å². The quantitative estimate of drug-likeness (QED) is 0.339. The summed E-state index contributed by atoms with van der Waals surface area (Å²) in [5.74, 6) is -2.68. The van der Waals surface area contributed by atoms with Crippen molar-refractivity contribution in [3.8, 4) is 0 Å². The smallest absolute Gasteiger partial charge is 0.351 e. The molecule has 9 nitrogen and oxygen atoms in total. The molecule has 0 aromatic heterocycles. The SMILES string of the molecule is CCCCOC(=O)c1cccc(N2CCO[C@H]([C@@H](OC(C)=O)C(=O)OC(C)(C)C)C2=O)c1. The van der Waals surface area contributed by atoms with E-state index in [1.165, 1.54) is 4.90 Å². The van der Waals surface area contributed by atoms with Crippen LogP contribution in [0.1, 0.15) is 57.8 Å². The van der Waals surface area contributed by atoms with Gasteiger partial charge >= 0.3 is 17.9 Å². The first-order valence-electron chi connectivity index (χ1n) is 10.6. The van der Waals surface area contributed by atoms with E-state index in [1.54, 1.807) is 45.0 Å². The lowest BCUT2D eigenvalue weighted by Gasteiger charge is -2.35. The van der Waals surface area contributed by atoms with Crippen LogP contribution in [-0.2, 0) is 33.3 Å². The third-order valence-electron chi connectivity index (χ3n) is 4.45. The number of carbonyl (C=O) groups excluding carboxylic acids is 4. The summed E-state index contributed by atoms with van der Waals surface area (Å²) in [6.45, 7) is 8.74. The van der Waals surface area contributed by atoms with Crippen molar-refractivity contribution in [2.75, 3.05) is 24.7 Å². The standard InChI is InChI=1S/C23H31NO8/c1-6-7-12-30-21(27)16-9-8-10-17(14-16)24-11-13-29-18(20(24)26)19(31-15(2)25)22(28)32-23(3,4)5/h8-10,14,18-19H,6-7,11-13H2,1-5H3/t18-,19-/m1/s1. The Labute approximate surface area is 187 Å². The number of anilines is 1. The molecule has 2 atom stereocenters. The molecule has 1 aromatic rings. The number of ether oxygens (including phenoxy) is 4. The van der Waals surface area contributed by atoms with Gasteiger partial charge in [0.25, 0.3) is 5.91 Å². The van der Waals surface area contributed by atoms with E-state index in [9.17, 15) is 19.2 Å². The normalized spacial score (nSPS) is 17.5. The van der Waals surface area contributed by atoms with E-state index in [4.69, 9.17) is 18.9 Å². The Balaban J connectivity index is 2.24. The first-order chi connectivity index (χ1) is 15.0. The average Bonchev–Trinajstić information content (AvgIpc) is 2.71. The molecule has 176 valence electrons. The van der Waals surface area contributed by atoms with E-state index in [1.807, 2.05) is 6.92 Å². The molecule has 32 heavy (non-hydrogen) atoms. The highest BCUT2D eigenvalue weighted by Gasteiger charge is 2.44. The summed E-state index contributed by atoms with van der Waals surface area (Å²) in [4.78, 5) is 51.1. The molecule has 0 N–H and O–H groups in total. The summed E-state index contributed by atoms with van der Waals surface area (Å²) >= 11 is 0. The van der Waals surface area contributed by atoms with Crippen molar-refractivity contribution in [1.82, 2.24) is 0 Å². The summed E-state index contributed by atoms with van der Waals surface area (Å²) in [7, 11) is 0. The highest BCUT2D eigenvalue weighted by atomic mass is 16.6. The zero-order valence-corrected chi connectivity index (χ0v) is 19.2. The Morgan fingerprint density at radius 3 is 2.59 bits per heavy atom. The second kappa shape index (κ2) is 11.1. The number of unbranched alkanes of at least 4 members (excludes halogenated alkanes) is 1. The topological polar surface area (TPSA) is 108 Å². The summed E-state index contributed by atoms with van der Waals surface area (Å²) in [6.07, 6.45) is -1.26. The molecule has 1 fully saturated rings. The lowest BCUT2D eigenvalue weighted by molar-refractivity contribution is -0.188. The number of hydrogen-bond acceptors (Lipinski definition) is 8. The van der Waals surface area contributed by atoms with Gasteiger partial charge in [0.1, 0.15) is 5.60 Å². The van der Waals surface area contributed by atoms with Gasteiger partial charge < -0.3 is 23.8 Å². The van der Waals surface area contributed by atoms with Gasteiger partial charge in [-0.1, -0.05) is 19.4 Å². The largest absolute Gasteiger partial charge is 0.462 e. The molecule has 9 heteroatoms. The third kappa shape index (κ3) is 7.05. The minimum atomic E-state index is -1.55. The van der Waals surface area contributed by atoms with Gasteiger partial charge in [-0.2, -0.15) is 0 Å². The van der Waals surface area contributed by atoms with E-state index in [2.05, 4.69) is 0 Å². The fourth-order valence-electron chi connectivity index (χ4n) is 3.04. The van der Waals surface area contributed by atoms with E-state index < -0.39 is 41.6 Å². The Morgan fingerprint density at radius 2 is 1.97 bits per heavy atom. The number of carbonyl (C=O) groups is 4. The second-order valence-electron chi connectivity index (χ2n) is 8.38. The van der Waals surface area contributed by atoms with Crippen LogP contribution in [-0.4, -0.2) is 61.4 Å². The van der Waals surface area contributed by atoms with Crippen LogP contribution in [0.5, 0.6) is 0 Å². The maximum absolute atomic E-state index is 13.2. The minimum Gasteiger partial charge on any atom is -0.462 e. The maximum Gasteiger partial charge on any atom is 0.351 e. The van der Waals surface area contributed by atoms with Crippen molar-refractivity contribution in [3.05, 3.63) is 29.8 Å². The van der Waals surface area contributed by atoms with Gasteiger partial charge in [0.15, 0.2) is 6.10 Å². The lowest BCUT2D eigenvalue weighted by Crippen LogP contribution is -2.56. The molecule has 1 aliphatic heterocycles. The lowest BCUT2D eigenvalue weighted by atomic mass is 10.1. The summed E-state index contributed by atoms with van der Waals surface area (Å²) in [6, 6.07) is 6.45. The van der Waals surface area contributed by atoms with Crippen molar-refractivity contribution >= 4 is 29.5 Å². The van der Waals surface area contributed by atoms with Crippen molar-refractivity contribution in [2.45, 2.75) is 65.3 Å². The Morgan fingerprint density at radius 1 is 1.25 bits per heavy atom. The van der Waals surface area contributed by atoms with Crippen molar-refractivity contribution in [3.63, 3.8) is 0 Å². The Hall–Kier alpha value is -2.94. The molecule has 0 bridgehead atoms. The van der Waals surface area contributed by atoms with Crippen molar-refractivity contribution < 1.29 is 38.1 Å². The van der Waals surface area contributed by atoms with E-state index in [0.29, 0.717) is 17.9 Å². The zero-order valence-electron chi connectivity index (χ0n) is 19.2. The van der Waals surface area contributed by atoms with Crippen LogP contribution in [0.2, 0.25) is 0 Å². The Kier molecular flexibility index (Phi) is 8.77. The molecular weight excluding hydrogens is 418 g/mol. The van der Waals surface area contributed by atoms with Crippen molar-refractivity contribution in [2.24, 2.45) is 0 Å². The molecule has 1 aromatic carbocycles. The van der Waals surface area contributed by atoms with E-state index in [0.717, 1.165) is 19.8 Å². The predicted octanol–water partition coefficient (Wildman–Crippen LogP) is 2.65. The van der Waals surface area contributed by atoms with E-state index >= 15 is 0 Å². The third-order valence-corrected chi connectivity index (χ3v) is 4.45. The predicted molar refractivity (Wildman–Crippen MR) is 115 cm³/mol. The molecule has 2 rings (SSSR count). The van der Waals surface area contributed by atoms with Gasteiger partial charge in [-0.25, -0.2) is 9.59 Å². The Bertz CT molecular complexity index is 845. The van der Waals surface area contributed by atoms with Gasteiger partial charge in [-0.15, -0.1) is 0 Å². The van der Waals surface area contributed by atoms with Gasteiger partial charge in [0.05, 0.1) is 18.8 Å². The number of amides is 1. The number of esters is 3. The number of nitrogens with zero attached hydrogens (tertiary/aromatic N) is 1. The molecule has 1 amide bonds. The molecule has 0 aliphatic carbocycles. The van der Waals surface area contributed by atoms with Crippen LogP contribution < -0.4 is 4.90 Å². The highest BCUT2D eigenvalue weighted by molar-refractivity contribution is 6.01. The van der Waals surface area contributed by atoms with Crippen LogP contribution in [0.25, 0.3) is 0 Å². The molecule has 1 saturated heterocycles. The fourth-order valence-corrected chi connectivity index (χ4v) is 3.04. The minimum absolute atomic E-state index is 0.0993. The molecule has 0 spiro atoms. The maximum atomic E-state index is 13.2. The monoisotopic (exact) mass is 449 g/mol. The summed E-state index contributed by atoms with van der Waals surface area (Å²) in [5.41, 5.74) is -0.101. The van der Waals surface area contributed by atoms with Gasteiger partial charge in [-0.3, -0.25) is 9.59 Å². The first kappa shape index (κ1) is 25.3. The van der Waals surface area contributed by atoms with E-state index in [-0.39, 0.29) is 13.2 Å². The first-order valence-corrected chi connectivity index (χ1v) is 10.6. The molecule has 1 heterocycles. The zero-order chi connectivity index (χ0) is 23.9. The van der Waals surface area contributed by atoms with Crippen LogP contribution in [0, 0.1) is 0 Å². The molecule has 0 saturated carbocycles. The number of morpholine rings is 1. The van der Waals surface area contributed by atoms with Crippen LogP contribution in [0.4, 0.5) is 5.69 Å². The number of hydrogen-bond donors (Lipinski definition) is 0. The fraction of sp³-hybridized carbons (Fsp3) is 0.565. The molecular formula is C23H31NO8. The number of benzene rings is 1. The average molecular weight is 450 g/mol. The highest BCUT2D eigenvalue weighted by Crippen LogP contribution is 2.24. The van der Waals surface area contributed by atoms with Gasteiger partial charge in [0, 0.05) is 19.2 Å². The van der Waals surface area contributed by atoms with Gasteiger partial charge in [0.2, 0.25) is 6.10 Å². The molecule has 0 unspecified atom stereocenters. The van der Waals surface area contributed by atoms with Gasteiger partial charge in [-0.05, 0) is 45.4 Å². The molecule has 1 aliphatic rings. The number of rotatable bonds is 8. The van der Waals surface area contributed by atoms with Crippen LogP contribution in [0.3, 0.4) is 0 Å². The molecule has 0 radical (unpaired) electrons. The second-order valence-corrected chi connectivity index (χ2v) is 8.38.